The van der Waals surface area contributed by atoms with Crippen molar-refractivity contribution >= 4 is 23.4 Å². The predicted octanol–water partition coefficient (Wildman–Crippen LogP) is 3.74. The second-order valence-electron chi connectivity index (χ2n) is 7.19. The van der Waals surface area contributed by atoms with E-state index >= 15 is 0 Å². The molecule has 2 heterocycles. The van der Waals surface area contributed by atoms with Gasteiger partial charge in [-0.15, -0.1) is 0 Å². The maximum absolute atomic E-state index is 12.6. The van der Waals surface area contributed by atoms with Gasteiger partial charge in [0.2, 0.25) is 0 Å². The van der Waals surface area contributed by atoms with Gasteiger partial charge in [-0.3, -0.25) is 4.79 Å². The molecule has 1 amide bonds. The highest BCUT2D eigenvalue weighted by Crippen LogP contribution is 2.42. The number of likely N-dealkylation sites (N-methyl/N-ethyl adjacent to an activating group) is 1. The molecule has 2 aromatic rings. The van der Waals surface area contributed by atoms with Crippen LogP contribution in [-0.4, -0.2) is 35.6 Å². The van der Waals surface area contributed by atoms with Crippen molar-refractivity contribution in [2.45, 2.75) is 36.3 Å². The van der Waals surface area contributed by atoms with Gasteiger partial charge < -0.3 is 19.7 Å². The number of nitrogens with zero attached hydrogens (tertiary/aromatic N) is 1. The number of benzene rings is 2. The van der Waals surface area contributed by atoms with E-state index in [2.05, 4.69) is 19.2 Å². The molecule has 0 spiro atoms. The van der Waals surface area contributed by atoms with Crippen LogP contribution in [0.2, 0.25) is 0 Å². The molecule has 0 aromatic heterocycles. The third-order valence-corrected chi connectivity index (χ3v) is 5.82. The molecular weight excluding hydrogens is 348 g/mol. The van der Waals surface area contributed by atoms with E-state index in [-0.39, 0.29) is 23.6 Å². The molecule has 26 heavy (non-hydrogen) atoms. The summed E-state index contributed by atoms with van der Waals surface area (Å²) in [4.78, 5) is 15.4. The van der Waals surface area contributed by atoms with Crippen molar-refractivity contribution in [3.05, 3.63) is 48.0 Å². The first-order valence-electron chi connectivity index (χ1n) is 8.64. The van der Waals surface area contributed by atoms with Gasteiger partial charge >= 0.3 is 0 Å². The first kappa shape index (κ1) is 17.1. The summed E-state index contributed by atoms with van der Waals surface area (Å²) in [6.45, 7) is 4.08. The topological polar surface area (TPSA) is 50.8 Å². The van der Waals surface area contributed by atoms with Crippen molar-refractivity contribution in [2.24, 2.45) is 0 Å². The minimum Gasteiger partial charge on any atom is -0.483 e. The quantitative estimate of drug-likeness (QED) is 0.889. The molecule has 5 nitrogen and oxygen atoms in total. The van der Waals surface area contributed by atoms with Gasteiger partial charge in [-0.1, -0.05) is 36.0 Å². The molecule has 2 aliphatic heterocycles. The molecule has 1 N–H and O–H groups in total. The molecule has 2 aliphatic rings. The number of ether oxygens (including phenoxy) is 2. The fraction of sp³-hybridized carbons (Fsp3) is 0.350. The van der Waals surface area contributed by atoms with Gasteiger partial charge in [-0.2, -0.15) is 0 Å². The van der Waals surface area contributed by atoms with Crippen LogP contribution in [0.25, 0.3) is 0 Å². The van der Waals surface area contributed by atoms with Gasteiger partial charge in [0.15, 0.2) is 23.6 Å². The van der Waals surface area contributed by atoms with Gasteiger partial charge in [0.1, 0.15) is 5.60 Å². The maximum atomic E-state index is 12.6. The van der Waals surface area contributed by atoms with Crippen molar-refractivity contribution in [1.29, 1.82) is 0 Å². The number of carbonyl (C=O) groups is 1. The molecule has 0 aliphatic carbocycles. The molecule has 1 unspecified atom stereocenters. The van der Waals surface area contributed by atoms with Crippen LogP contribution in [0, 0.1) is 0 Å². The van der Waals surface area contributed by atoms with Crippen LogP contribution in [0.4, 0.5) is 5.69 Å². The maximum Gasteiger partial charge on any atom is 0.262 e. The number of rotatable bonds is 4. The number of anilines is 1. The van der Waals surface area contributed by atoms with Crippen LogP contribution < -0.4 is 14.8 Å². The molecule has 136 valence electrons. The fourth-order valence-electron chi connectivity index (χ4n) is 3.22. The molecule has 0 bridgehead atoms. The number of hydrogen-bond donors (Lipinski definition) is 1. The monoisotopic (exact) mass is 370 g/mol. The third-order valence-electron chi connectivity index (χ3n) is 4.56. The summed E-state index contributed by atoms with van der Waals surface area (Å²) < 4.78 is 11.8. The van der Waals surface area contributed by atoms with Gasteiger partial charge in [0.05, 0.1) is 5.69 Å². The Hall–Kier alpha value is -2.34. The van der Waals surface area contributed by atoms with Gasteiger partial charge in [0.25, 0.3) is 5.91 Å². The minimum absolute atomic E-state index is 0.0220. The summed E-state index contributed by atoms with van der Waals surface area (Å²) in [7, 11) is 1.79. The summed E-state index contributed by atoms with van der Waals surface area (Å²) in [6.07, 6.45) is 0.842. The molecule has 0 saturated heterocycles. The zero-order valence-corrected chi connectivity index (χ0v) is 15.9. The normalized spacial score (nSPS) is 19.1. The van der Waals surface area contributed by atoms with E-state index in [1.165, 1.54) is 0 Å². The lowest BCUT2D eigenvalue weighted by Gasteiger charge is -2.24. The number of nitrogens with one attached hydrogen (secondary N) is 1. The van der Waals surface area contributed by atoms with Crippen molar-refractivity contribution in [2.75, 3.05) is 19.0 Å². The predicted molar refractivity (Wildman–Crippen MR) is 103 cm³/mol. The first-order valence-corrected chi connectivity index (χ1v) is 9.52. The van der Waals surface area contributed by atoms with E-state index in [1.807, 2.05) is 42.5 Å². The van der Waals surface area contributed by atoms with E-state index in [0.717, 1.165) is 28.3 Å². The Morgan fingerprint density at radius 3 is 2.92 bits per heavy atom. The number of thioether (sulfide) groups is 1. The van der Waals surface area contributed by atoms with E-state index in [0.29, 0.717) is 5.75 Å². The fourth-order valence-corrected chi connectivity index (χ4v) is 4.33. The van der Waals surface area contributed by atoms with Gasteiger partial charge in [0, 0.05) is 23.9 Å². The Bertz CT molecular complexity index is 828. The summed E-state index contributed by atoms with van der Waals surface area (Å²) >= 11 is 1.63. The smallest absolute Gasteiger partial charge is 0.262 e. The third kappa shape index (κ3) is 3.21. The molecule has 0 fully saturated rings. The van der Waals surface area contributed by atoms with Crippen molar-refractivity contribution < 1.29 is 14.3 Å². The highest BCUT2D eigenvalue weighted by atomic mass is 32.2. The van der Waals surface area contributed by atoms with Crippen LogP contribution >= 0.6 is 11.8 Å². The number of hydrogen-bond acceptors (Lipinski definition) is 5. The Morgan fingerprint density at radius 1 is 1.31 bits per heavy atom. The Balaban J connectivity index is 1.39. The Labute approximate surface area is 157 Å². The van der Waals surface area contributed by atoms with Gasteiger partial charge in [-0.25, -0.2) is 0 Å². The van der Waals surface area contributed by atoms with Crippen molar-refractivity contribution in [1.82, 2.24) is 4.90 Å². The van der Waals surface area contributed by atoms with Crippen LogP contribution in [0.3, 0.4) is 0 Å². The average Bonchev–Trinajstić information content (AvgIpc) is 3.18. The molecule has 1 atom stereocenters. The molecule has 0 radical (unpaired) electrons. The van der Waals surface area contributed by atoms with E-state index in [4.69, 9.17) is 9.47 Å². The Kier molecular flexibility index (Phi) is 4.23. The van der Waals surface area contributed by atoms with Crippen LogP contribution in [0.15, 0.2) is 47.4 Å². The Morgan fingerprint density at radius 2 is 2.12 bits per heavy atom. The largest absolute Gasteiger partial charge is 0.483 e. The van der Waals surface area contributed by atoms with E-state index < -0.39 is 0 Å². The summed E-state index contributed by atoms with van der Waals surface area (Å²) in [5.41, 5.74) is 1.82. The van der Waals surface area contributed by atoms with Crippen LogP contribution in [0.1, 0.15) is 19.4 Å². The lowest BCUT2D eigenvalue weighted by molar-refractivity contribution is -0.132. The van der Waals surface area contributed by atoms with Gasteiger partial charge in [-0.05, 0) is 32.0 Å². The van der Waals surface area contributed by atoms with E-state index in [1.54, 1.807) is 23.7 Å². The highest BCUT2D eigenvalue weighted by Gasteiger charge is 2.33. The molecule has 2 aromatic carbocycles. The minimum atomic E-state index is -0.237. The van der Waals surface area contributed by atoms with Crippen molar-refractivity contribution in [3.63, 3.8) is 0 Å². The SMILES string of the molecule is CN(C(=O)COc1cccc2c1OC(C)(C)C2)C1Nc2ccccc2S1. The van der Waals surface area contributed by atoms with E-state index in [9.17, 15) is 4.79 Å². The standard InChI is InChI=1S/C20H22N2O3S/c1-20(2)11-13-7-6-9-15(18(13)25-20)24-12-17(23)22(3)19-21-14-8-4-5-10-16(14)26-19/h4-10,19,21H,11-12H2,1-3H3. The van der Waals surface area contributed by atoms with Crippen LogP contribution in [-0.2, 0) is 11.2 Å². The lowest BCUT2D eigenvalue weighted by atomic mass is 10.0. The summed E-state index contributed by atoms with van der Waals surface area (Å²) in [5.74, 6) is 1.30. The second-order valence-corrected chi connectivity index (χ2v) is 8.31. The molecule has 0 saturated carbocycles. The zero-order chi connectivity index (χ0) is 18.3. The molecule has 6 heteroatoms. The number of fused-ring (bicyclic) bond motifs is 2. The zero-order valence-electron chi connectivity index (χ0n) is 15.1. The van der Waals surface area contributed by atoms with Crippen molar-refractivity contribution in [3.8, 4) is 11.5 Å². The average molecular weight is 370 g/mol. The summed E-state index contributed by atoms with van der Waals surface area (Å²) in [5, 5.41) is 3.35. The number of amides is 1. The van der Waals surface area contributed by atoms with Crippen LogP contribution in [0.5, 0.6) is 11.5 Å². The number of para-hydroxylation sites is 2. The number of carbonyl (C=O) groups excluding carboxylic acids is 1. The molecule has 4 rings (SSSR count). The lowest BCUT2D eigenvalue weighted by Crippen LogP contribution is -2.40. The second kappa shape index (κ2) is 6.43. The summed E-state index contributed by atoms with van der Waals surface area (Å²) in [6, 6.07) is 13.9. The highest BCUT2D eigenvalue weighted by molar-refractivity contribution is 8.00. The first-order chi connectivity index (χ1) is 12.4. The molecular formula is C20H22N2O3S.